The van der Waals surface area contributed by atoms with Gasteiger partial charge in [-0.3, -0.25) is 0 Å². The molecule has 0 unspecified atom stereocenters. The first-order chi connectivity index (χ1) is 8.83. The smallest absolute Gasteiger partial charge is 0.0245 e. The summed E-state index contributed by atoms with van der Waals surface area (Å²) in [7, 11) is 2.36. The summed E-state index contributed by atoms with van der Waals surface area (Å²) in [6.45, 7) is 3.59. The van der Waals surface area contributed by atoms with E-state index in [9.17, 15) is 0 Å². The summed E-state index contributed by atoms with van der Waals surface area (Å²) < 4.78 is 0. The Kier molecular flexibility index (Phi) is 5.97. The number of rotatable bonds is 5. The van der Waals surface area contributed by atoms with Crippen LogP contribution in [0.25, 0.3) is 0 Å². The largest absolute Gasteiger partial charge is 0.242 e. The van der Waals surface area contributed by atoms with Gasteiger partial charge in [0.05, 0.1) is 0 Å². The Morgan fingerprint density at radius 3 is 1.78 bits per heavy atom. The molecular weight excluding hydrogens is 220 g/mol. The second-order valence-corrected chi connectivity index (χ2v) is 6.32. The van der Waals surface area contributed by atoms with Gasteiger partial charge in [-0.25, -0.2) is 10.0 Å². The maximum absolute atomic E-state index is 2.73. The second kappa shape index (κ2) is 7.49. The third-order valence-corrected chi connectivity index (χ3v) is 4.96. The van der Waals surface area contributed by atoms with Crippen LogP contribution in [-0.2, 0) is 0 Å². The first-order valence-corrected chi connectivity index (χ1v) is 8.32. The zero-order valence-corrected chi connectivity index (χ0v) is 12.5. The van der Waals surface area contributed by atoms with Crippen LogP contribution in [0.4, 0.5) is 0 Å². The predicted molar refractivity (Wildman–Crippen MR) is 78.5 cm³/mol. The van der Waals surface area contributed by atoms with E-state index in [1.807, 2.05) is 0 Å². The SMILES string of the molecule is CCCN(C1CCCCC1)N(C)C1CCCCC1. The van der Waals surface area contributed by atoms with Gasteiger partial charge in [-0.2, -0.15) is 0 Å². The molecule has 0 aromatic rings. The van der Waals surface area contributed by atoms with E-state index < -0.39 is 0 Å². The Morgan fingerprint density at radius 2 is 1.28 bits per heavy atom. The molecule has 2 nitrogen and oxygen atoms in total. The van der Waals surface area contributed by atoms with Gasteiger partial charge < -0.3 is 0 Å². The molecule has 2 aliphatic rings. The van der Waals surface area contributed by atoms with Crippen LogP contribution in [-0.4, -0.2) is 35.7 Å². The van der Waals surface area contributed by atoms with Crippen LogP contribution in [0.5, 0.6) is 0 Å². The van der Waals surface area contributed by atoms with Crippen molar-refractivity contribution in [3.63, 3.8) is 0 Å². The highest BCUT2D eigenvalue weighted by atomic mass is 15.6. The molecule has 0 heterocycles. The van der Waals surface area contributed by atoms with Gasteiger partial charge in [0.15, 0.2) is 0 Å². The van der Waals surface area contributed by atoms with Crippen molar-refractivity contribution in [1.82, 2.24) is 10.0 Å². The molecule has 0 aromatic heterocycles. The molecule has 0 spiro atoms. The topological polar surface area (TPSA) is 6.48 Å². The van der Waals surface area contributed by atoms with Gasteiger partial charge in [0.1, 0.15) is 0 Å². The van der Waals surface area contributed by atoms with Crippen molar-refractivity contribution in [2.24, 2.45) is 0 Å². The van der Waals surface area contributed by atoms with Crippen LogP contribution in [0, 0.1) is 0 Å². The van der Waals surface area contributed by atoms with Crippen LogP contribution < -0.4 is 0 Å². The van der Waals surface area contributed by atoms with Gasteiger partial charge in [0.25, 0.3) is 0 Å². The lowest BCUT2D eigenvalue weighted by Crippen LogP contribution is -2.52. The molecule has 0 radical (unpaired) electrons. The molecule has 2 heteroatoms. The maximum Gasteiger partial charge on any atom is 0.0245 e. The average molecular weight is 252 g/mol. The van der Waals surface area contributed by atoms with Crippen molar-refractivity contribution in [3.8, 4) is 0 Å². The standard InChI is InChI=1S/C16H32N2/c1-3-14-18(16-12-8-5-9-13-16)17(2)15-10-6-4-7-11-15/h15-16H,3-14H2,1-2H3. The normalized spacial score (nSPS) is 24.0. The second-order valence-electron chi connectivity index (χ2n) is 6.32. The molecular formula is C16H32N2. The Hall–Kier alpha value is -0.0800. The molecule has 0 atom stereocenters. The fraction of sp³-hybridized carbons (Fsp3) is 1.00. The zero-order valence-electron chi connectivity index (χ0n) is 12.5. The Morgan fingerprint density at radius 1 is 0.778 bits per heavy atom. The summed E-state index contributed by atoms with van der Waals surface area (Å²) in [4.78, 5) is 0. The molecule has 2 fully saturated rings. The number of hydrogen-bond acceptors (Lipinski definition) is 2. The van der Waals surface area contributed by atoms with Crippen LogP contribution in [0.2, 0.25) is 0 Å². The molecule has 0 aliphatic heterocycles. The van der Waals surface area contributed by atoms with E-state index in [1.165, 1.54) is 77.2 Å². The zero-order chi connectivity index (χ0) is 12.8. The number of hydrogen-bond donors (Lipinski definition) is 0. The summed E-state index contributed by atoms with van der Waals surface area (Å²) in [5.41, 5.74) is 0. The van der Waals surface area contributed by atoms with Gasteiger partial charge in [0.2, 0.25) is 0 Å². The van der Waals surface area contributed by atoms with Crippen LogP contribution >= 0.6 is 0 Å². The van der Waals surface area contributed by atoms with Crippen LogP contribution in [0.3, 0.4) is 0 Å². The summed E-state index contributed by atoms with van der Waals surface area (Å²) in [6.07, 6.45) is 15.7. The molecule has 2 aliphatic carbocycles. The summed E-state index contributed by atoms with van der Waals surface area (Å²) in [5, 5.41) is 5.37. The number of nitrogens with zero attached hydrogens (tertiary/aromatic N) is 2. The summed E-state index contributed by atoms with van der Waals surface area (Å²) in [6, 6.07) is 1.66. The average Bonchev–Trinajstić information content (AvgIpc) is 2.46. The lowest BCUT2D eigenvalue weighted by Gasteiger charge is -2.45. The lowest BCUT2D eigenvalue weighted by molar-refractivity contribution is -0.0884. The molecule has 106 valence electrons. The van der Waals surface area contributed by atoms with E-state index >= 15 is 0 Å². The van der Waals surface area contributed by atoms with E-state index in [0.29, 0.717) is 0 Å². The van der Waals surface area contributed by atoms with E-state index in [-0.39, 0.29) is 0 Å². The van der Waals surface area contributed by atoms with E-state index in [0.717, 1.165) is 12.1 Å². The number of hydrazine groups is 1. The summed E-state index contributed by atoms with van der Waals surface area (Å²) >= 11 is 0. The quantitative estimate of drug-likeness (QED) is 0.676. The van der Waals surface area contributed by atoms with Crippen molar-refractivity contribution >= 4 is 0 Å². The maximum atomic E-state index is 2.73. The molecule has 18 heavy (non-hydrogen) atoms. The fourth-order valence-corrected chi connectivity index (χ4v) is 3.87. The molecule has 2 saturated carbocycles. The van der Waals surface area contributed by atoms with Crippen molar-refractivity contribution in [1.29, 1.82) is 0 Å². The molecule has 0 saturated heterocycles. The van der Waals surface area contributed by atoms with Crippen molar-refractivity contribution < 1.29 is 0 Å². The van der Waals surface area contributed by atoms with Crippen molar-refractivity contribution in [3.05, 3.63) is 0 Å². The van der Waals surface area contributed by atoms with Crippen LogP contribution in [0.15, 0.2) is 0 Å². The fourth-order valence-electron chi connectivity index (χ4n) is 3.87. The molecule has 0 N–H and O–H groups in total. The van der Waals surface area contributed by atoms with Crippen LogP contribution in [0.1, 0.15) is 77.6 Å². The lowest BCUT2D eigenvalue weighted by atomic mass is 9.93. The third-order valence-electron chi connectivity index (χ3n) is 4.96. The first-order valence-electron chi connectivity index (χ1n) is 8.32. The van der Waals surface area contributed by atoms with Gasteiger partial charge >= 0.3 is 0 Å². The van der Waals surface area contributed by atoms with Crippen molar-refractivity contribution in [2.45, 2.75) is 89.6 Å². The minimum absolute atomic E-state index is 0.826. The van der Waals surface area contributed by atoms with Gasteiger partial charge in [-0.15, -0.1) is 0 Å². The van der Waals surface area contributed by atoms with E-state index in [4.69, 9.17) is 0 Å². The summed E-state index contributed by atoms with van der Waals surface area (Å²) in [5.74, 6) is 0. The predicted octanol–water partition coefficient (Wildman–Crippen LogP) is 4.21. The Bertz CT molecular complexity index is 217. The third kappa shape index (κ3) is 3.71. The van der Waals surface area contributed by atoms with E-state index in [2.05, 4.69) is 24.0 Å². The molecule has 0 bridgehead atoms. The molecule has 0 aromatic carbocycles. The Labute approximate surface area is 114 Å². The minimum atomic E-state index is 0.826. The van der Waals surface area contributed by atoms with Crippen molar-refractivity contribution in [2.75, 3.05) is 13.6 Å². The Balaban J connectivity index is 1.93. The van der Waals surface area contributed by atoms with Gasteiger partial charge in [0, 0.05) is 25.7 Å². The van der Waals surface area contributed by atoms with E-state index in [1.54, 1.807) is 0 Å². The highest BCUT2D eigenvalue weighted by molar-refractivity contribution is 4.78. The highest BCUT2D eigenvalue weighted by Crippen LogP contribution is 2.28. The first kappa shape index (κ1) is 14.3. The molecule has 0 amide bonds. The van der Waals surface area contributed by atoms with Gasteiger partial charge in [-0.1, -0.05) is 45.4 Å². The molecule has 2 rings (SSSR count). The minimum Gasteiger partial charge on any atom is -0.242 e. The highest BCUT2D eigenvalue weighted by Gasteiger charge is 2.28. The van der Waals surface area contributed by atoms with Gasteiger partial charge in [-0.05, 0) is 32.1 Å². The monoisotopic (exact) mass is 252 g/mol.